The van der Waals surface area contributed by atoms with Gasteiger partial charge in [0.1, 0.15) is 5.60 Å². The predicted octanol–water partition coefficient (Wildman–Crippen LogP) is 5.49. The van der Waals surface area contributed by atoms with Crippen molar-refractivity contribution >= 4 is 5.97 Å². The molecule has 0 amide bonds. The molecule has 1 heterocycles. The fourth-order valence-electron chi connectivity index (χ4n) is 11.7. The average Bonchev–Trinajstić information content (AvgIpc) is 2.73. The summed E-state index contributed by atoms with van der Waals surface area (Å²) in [5.41, 5.74) is -0.745. The van der Waals surface area contributed by atoms with Crippen LogP contribution in [0.2, 0.25) is 0 Å². The van der Waals surface area contributed by atoms with Gasteiger partial charge in [-0.2, -0.15) is 0 Å². The first-order valence-corrected chi connectivity index (χ1v) is 13.9. The third-order valence-corrected chi connectivity index (χ3v) is 13.9. The van der Waals surface area contributed by atoms with Crippen molar-refractivity contribution in [2.24, 2.45) is 50.7 Å². The quantitative estimate of drug-likeness (QED) is 0.471. The Hall–Kier alpha value is -0.610. The third kappa shape index (κ3) is 2.40. The third-order valence-electron chi connectivity index (χ3n) is 13.9. The molecule has 6 aliphatic rings. The van der Waals surface area contributed by atoms with Gasteiger partial charge in [0.2, 0.25) is 0 Å². The van der Waals surface area contributed by atoms with Crippen molar-refractivity contribution in [2.75, 3.05) is 0 Å². The maximum atomic E-state index is 14.1. The van der Waals surface area contributed by atoms with E-state index in [0.29, 0.717) is 23.7 Å². The minimum absolute atomic E-state index is 0.0104. The Balaban J connectivity index is 1.45. The molecule has 33 heavy (non-hydrogen) atoms. The van der Waals surface area contributed by atoms with E-state index in [-0.39, 0.29) is 33.7 Å². The zero-order chi connectivity index (χ0) is 23.8. The molecule has 0 aromatic rings. The Morgan fingerprint density at radius 2 is 1.52 bits per heavy atom. The lowest BCUT2D eigenvalue weighted by molar-refractivity contribution is -0.311. The minimum atomic E-state index is -0.717. The van der Waals surface area contributed by atoms with Gasteiger partial charge in [0.25, 0.3) is 0 Å². The number of rotatable bonds is 0. The highest BCUT2D eigenvalue weighted by atomic mass is 16.6. The van der Waals surface area contributed by atoms with Crippen molar-refractivity contribution in [2.45, 2.75) is 124 Å². The summed E-state index contributed by atoms with van der Waals surface area (Å²) in [7, 11) is 0. The van der Waals surface area contributed by atoms with Gasteiger partial charge in [0.15, 0.2) is 0 Å². The number of aliphatic hydroxyl groups is 2. The van der Waals surface area contributed by atoms with Gasteiger partial charge >= 0.3 is 5.97 Å². The lowest BCUT2D eigenvalue weighted by Gasteiger charge is -2.76. The lowest BCUT2D eigenvalue weighted by Crippen LogP contribution is -2.75. The van der Waals surface area contributed by atoms with Crippen LogP contribution in [0.1, 0.15) is 106 Å². The molecule has 4 heteroatoms. The van der Waals surface area contributed by atoms with Crippen molar-refractivity contribution in [3.05, 3.63) is 0 Å². The van der Waals surface area contributed by atoms with Crippen LogP contribution in [0.5, 0.6) is 0 Å². The van der Waals surface area contributed by atoms with Crippen LogP contribution in [0, 0.1) is 50.7 Å². The summed E-state index contributed by atoms with van der Waals surface area (Å²) in [5, 5.41) is 21.7. The fraction of sp³-hybridized carbons (Fsp3) is 0.966. The molecule has 0 unspecified atom stereocenters. The lowest BCUT2D eigenvalue weighted by atomic mass is 9.29. The normalized spacial score (nSPS) is 64.2. The van der Waals surface area contributed by atoms with Gasteiger partial charge in [-0.3, -0.25) is 4.79 Å². The topological polar surface area (TPSA) is 66.8 Å². The largest absolute Gasteiger partial charge is 0.456 e. The second kappa shape index (κ2) is 6.38. The van der Waals surface area contributed by atoms with E-state index in [1.807, 2.05) is 6.92 Å². The Morgan fingerprint density at radius 3 is 2.24 bits per heavy atom. The number of esters is 1. The van der Waals surface area contributed by atoms with Crippen LogP contribution in [0.25, 0.3) is 0 Å². The summed E-state index contributed by atoms with van der Waals surface area (Å²) >= 11 is 0. The monoisotopic (exact) mass is 458 g/mol. The van der Waals surface area contributed by atoms with Crippen molar-refractivity contribution in [1.29, 1.82) is 0 Å². The Kier molecular flexibility index (Phi) is 4.42. The van der Waals surface area contributed by atoms with Gasteiger partial charge in [-0.1, -0.05) is 34.6 Å². The Labute approximate surface area is 200 Å². The first-order chi connectivity index (χ1) is 15.3. The summed E-state index contributed by atoms with van der Waals surface area (Å²) in [6, 6.07) is 0. The maximum Gasteiger partial charge on any atom is 0.313 e. The van der Waals surface area contributed by atoms with E-state index in [1.165, 1.54) is 0 Å². The maximum absolute atomic E-state index is 14.1. The van der Waals surface area contributed by atoms with Crippen molar-refractivity contribution in [1.82, 2.24) is 0 Å². The van der Waals surface area contributed by atoms with E-state index >= 15 is 0 Å². The predicted molar refractivity (Wildman–Crippen MR) is 127 cm³/mol. The summed E-state index contributed by atoms with van der Waals surface area (Å²) in [6.07, 6.45) is 9.43. The molecule has 186 valence electrons. The van der Waals surface area contributed by atoms with Crippen LogP contribution in [-0.4, -0.2) is 34.0 Å². The molecular formula is C29H46O4. The summed E-state index contributed by atoms with van der Waals surface area (Å²) in [6.45, 7) is 14.1. The molecule has 12 atom stereocenters. The Bertz CT molecular complexity index is 887. The molecule has 2 N–H and O–H groups in total. The van der Waals surface area contributed by atoms with Gasteiger partial charge in [-0.15, -0.1) is 0 Å². The molecule has 1 spiro atoms. The molecular weight excluding hydrogens is 412 g/mol. The molecule has 0 aromatic heterocycles. The highest BCUT2D eigenvalue weighted by molar-refractivity contribution is 5.81. The number of aliphatic hydroxyl groups excluding tert-OH is 2. The van der Waals surface area contributed by atoms with E-state index in [1.54, 1.807) is 0 Å². The van der Waals surface area contributed by atoms with E-state index in [9.17, 15) is 15.0 Å². The number of carbonyl (C=O) groups excluding carboxylic acids is 1. The first kappa shape index (κ1) is 22.8. The zero-order valence-corrected chi connectivity index (χ0v) is 21.7. The van der Waals surface area contributed by atoms with Gasteiger partial charge in [-0.05, 0) is 116 Å². The number of hydrogen-bond acceptors (Lipinski definition) is 4. The molecule has 1 aliphatic heterocycles. The molecule has 5 aliphatic carbocycles. The van der Waals surface area contributed by atoms with Gasteiger partial charge < -0.3 is 14.9 Å². The molecule has 6 rings (SSSR count). The van der Waals surface area contributed by atoms with Crippen LogP contribution in [-0.2, 0) is 9.53 Å². The molecule has 2 bridgehead atoms. The highest BCUT2D eigenvalue weighted by Crippen LogP contribution is 2.79. The molecule has 6 fully saturated rings. The van der Waals surface area contributed by atoms with Gasteiger partial charge in [-0.25, -0.2) is 0 Å². The van der Waals surface area contributed by atoms with E-state index in [4.69, 9.17) is 4.74 Å². The first-order valence-electron chi connectivity index (χ1n) is 13.9. The fourth-order valence-corrected chi connectivity index (χ4v) is 11.7. The van der Waals surface area contributed by atoms with Crippen LogP contribution >= 0.6 is 0 Å². The number of carbonyl (C=O) groups is 1. The van der Waals surface area contributed by atoms with Crippen LogP contribution in [0.4, 0.5) is 0 Å². The molecule has 0 aromatic carbocycles. The number of ether oxygens (including phenoxy) is 1. The molecule has 5 saturated carbocycles. The standard InChI is InChI=1S/C29H46O4/c1-17-18(30)7-8-19-25(17,3)10-9-20-26(19,4)12-14-29-21-15-28(6,33-23(29)32)22(31)16-24(21,2)11-13-27(20,29)5/h17-22,30-31H,7-16H2,1-6H3/t17-,18-,19+,20-,21+,22+,24-,25+,26-,27+,28-,29-/m0/s1. The average molecular weight is 459 g/mol. The number of fused-ring (bicyclic) bond motifs is 5. The van der Waals surface area contributed by atoms with Gasteiger partial charge in [0, 0.05) is 0 Å². The Morgan fingerprint density at radius 1 is 0.788 bits per heavy atom. The van der Waals surface area contributed by atoms with E-state index in [0.717, 1.165) is 64.2 Å². The van der Waals surface area contributed by atoms with Crippen LogP contribution < -0.4 is 0 Å². The molecule has 4 nitrogen and oxygen atoms in total. The smallest absolute Gasteiger partial charge is 0.313 e. The second-order valence-corrected chi connectivity index (χ2v) is 14.8. The zero-order valence-electron chi connectivity index (χ0n) is 21.7. The highest BCUT2D eigenvalue weighted by Gasteiger charge is 2.78. The van der Waals surface area contributed by atoms with E-state index < -0.39 is 17.1 Å². The summed E-state index contributed by atoms with van der Waals surface area (Å²) in [4.78, 5) is 14.1. The minimum Gasteiger partial charge on any atom is -0.456 e. The summed E-state index contributed by atoms with van der Waals surface area (Å²) < 4.78 is 6.26. The SMILES string of the molecule is C[C@H]1[C@@H](O)CC[C@@H]2[C@]1(C)CC[C@H]1[C@@]2(C)CC[C@@]23C(=O)O[C@@]4(C)C[C@@H]2[C@@](C)(CC[C@]13C)C[C@H]4O. The van der Waals surface area contributed by atoms with Crippen LogP contribution in [0.15, 0.2) is 0 Å². The van der Waals surface area contributed by atoms with Gasteiger partial charge in [0.05, 0.1) is 17.6 Å². The van der Waals surface area contributed by atoms with Crippen molar-refractivity contribution in [3.8, 4) is 0 Å². The summed E-state index contributed by atoms with van der Waals surface area (Å²) in [5.74, 6) is 1.79. The van der Waals surface area contributed by atoms with E-state index in [2.05, 4.69) is 34.6 Å². The van der Waals surface area contributed by atoms with Crippen LogP contribution in [0.3, 0.4) is 0 Å². The van der Waals surface area contributed by atoms with Crippen molar-refractivity contribution in [3.63, 3.8) is 0 Å². The number of hydrogen-bond donors (Lipinski definition) is 2. The molecule has 1 saturated heterocycles. The second-order valence-electron chi connectivity index (χ2n) is 14.8. The van der Waals surface area contributed by atoms with Crippen molar-refractivity contribution < 1.29 is 19.7 Å². The molecule has 0 radical (unpaired) electrons.